The molecule has 1 N–H and O–H groups in total. The van der Waals surface area contributed by atoms with Gasteiger partial charge in [0.05, 0.1) is 12.1 Å². The Morgan fingerprint density at radius 3 is 2.85 bits per heavy atom. The van der Waals surface area contributed by atoms with E-state index in [2.05, 4.69) is 4.98 Å². The van der Waals surface area contributed by atoms with Crippen molar-refractivity contribution in [3.8, 4) is 0 Å². The maximum absolute atomic E-state index is 12.0. The Hall–Kier alpha value is -1.04. The highest BCUT2D eigenvalue weighted by Gasteiger charge is 2.12. The van der Waals surface area contributed by atoms with Crippen LogP contribution in [0.5, 0.6) is 0 Å². The number of rotatable bonds is 4. The minimum atomic E-state index is -2.57. The Labute approximate surface area is 77.0 Å². The van der Waals surface area contributed by atoms with Crippen LogP contribution in [0.4, 0.5) is 8.78 Å². The van der Waals surface area contributed by atoms with Gasteiger partial charge < -0.3 is 5.11 Å². The molecule has 0 radical (unpaired) electrons. The number of alkyl halides is 2. The number of hydrogen-bond donors (Lipinski definition) is 1. The standard InChI is InChI=1S/C7H7F2NO2S/c8-6(9)7-10-4(3-13-7)1-2-5(11)12/h3,6H,1-2H2,(H,11,12). The Kier molecular flexibility index (Phi) is 3.30. The van der Waals surface area contributed by atoms with Crippen LogP contribution in [0, 0.1) is 0 Å². The molecule has 0 unspecified atom stereocenters. The highest BCUT2D eigenvalue weighted by molar-refractivity contribution is 7.09. The molecule has 0 bridgehead atoms. The van der Waals surface area contributed by atoms with Crippen LogP contribution in [0.2, 0.25) is 0 Å². The van der Waals surface area contributed by atoms with E-state index in [1.54, 1.807) is 0 Å². The van der Waals surface area contributed by atoms with Crippen LogP contribution in [0.15, 0.2) is 5.38 Å². The van der Waals surface area contributed by atoms with Gasteiger partial charge in [0.2, 0.25) is 0 Å². The van der Waals surface area contributed by atoms with E-state index < -0.39 is 12.4 Å². The number of aryl methyl sites for hydroxylation is 1. The van der Waals surface area contributed by atoms with Crippen molar-refractivity contribution in [2.75, 3.05) is 0 Å². The third kappa shape index (κ3) is 3.06. The molecule has 0 spiro atoms. The predicted molar refractivity (Wildman–Crippen MR) is 43.0 cm³/mol. The van der Waals surface area contributed by atoms with Gasteiger partial charge >= 0.3 is 5.97 Å². The Morgan fingerprint density at radius 2 is 2.38 bits per heavy atom. The average Bonchev–Trinajstić information content (AvgIpc) is 2.48. The predicted octanol–water partition coefficient (Wildman–Crippen LogP) is 2.10. The monoisotopic (exact) mass is 207 g/mol. The van der Waals surface area contributed by atoms with Gasteiger partial charge in [0.25, 0.3) is 6.43 Å². The number of halogens is 2. The van der Waals surface area contributed by atoms with E-state index in [9.17, 15) is 13.6 Å². The lowest BCUT2D eigenvalue weighted by Crippen LogP contribution is -1.97. The van der Waals surface area contributed by atoms with E-state index in [1.165, 1.54) is 5.38 Å². The topological polar surface area (TPSA) is 50.2 Å². The van der Waals surface area contributed by atoms with Crippen LogP contribution in [0.3, 0.4) is 0 Å². The highest BCUT2D eigenvalue weighted by Crippen LogP contribution is 2.22. The number of carbonyl (C=O) groups is 1. The van der Waals surface area contributed by atoms with E-state index in [0.29, 0.717) is 5.69 Å². The molecule has 0 atom stereocenters. The number of carboxylic acids is 1. The summed E-state index contributed by atoms with van der Waals surface area (Å²) in [5.41, 5.74) is 0.419. The number of aliphatic carboxylic acids is 1. The third-order valence-electron chi connectivity index (χ3n) is 1.35. The molecular weight excluding hydrogens is 200 g/mol. The van der Waals surface area contributed by atoms with Crippen LogP contribution in [0.25, 0.3) is 0 Å². The van der Waals surface area contributed by atoms with Gasteiger partial charge in [-0.2, -0.15) is 0 Å². The molecule has 0 aromatic carbocycles. The third-order valence-corrected chi connectivity index (χ3v) is 2.25. The molecule has 1 heterocycles. The molecule has 3 nitrogen and oxygen atoms in total. The molecule has 0 saturated heterocycles. The fourth-order valence-corrected chi connectivity index (χ4v) is 1.47. The minimum Gasteiger partial charge on any atom is -0.481 e. The molecule has 0 fully saturated rings. The van der Waals surface area contributed by atoms with Crippen LogP contribution >= 0.6 is 11.3 Å². The number of nitrogens with zero attached hydrogens (tertiary/aromatic N) is 1. The Bertz CT molecular complexity index is 300. The van der Waals surface area contributed by atoms with E-state index in [-0.39, 0.29) is 17.8 Å². The van der Waals surface area contributed by atoms with Crippen LogP contribution in [-0.4, -0.2) is 16.1 Å². The second-order valence-electron chi connectivity index (χ2n) is 2.37. The molecule has 13 heavy (non-hydrogen) atoms. The summed E-state index contributed by atoms with van der Waals surface area (Å²) in [6.45, 7) is 0. The second-order valence-corrected chi connectivity index (χ2v) is 3.26. The van der Waals surface area contributed by atoms with Gasteiger partial charge in [-0.25, -0.2) is 13.8 Å². The second kappa shape index (κ2) is 4.27. The lowest BCUT2D eigenvalue weighted by atomic mass is 10.2. The number of thiazole rings is 1. The zero-order valence-corrected chi connectivity index (χ0v) is 7.35. The SMILES string of the molecule is O=C(O)CCc1csc(C(F)F)n1. The summed E-state index contributed by atoms with van der Waals surface area (Å²) in [5.74, 6) is -0.952. The van der Waals surface area contributed by atoms with Gasteiger partial charge in [-0.3, -0.25) is 4.79 Å². The molecule has 0 aliphatic carbocycles. The molecular formula is C7H7F2NO2S. The molecule has 6 heteroatoms. The van der Waals surface area contributed by atoms with Gasteiger partial charge in [0.15, 0.2) is 5.01 Å². The van der Waals surface area contributed by atoms with Crippen LogP contribution in [-0.2, 0) is 11.2 Å². The summed E-state index contributed by atoms with van der Waals surface area (Å²) in [6, 6.07) is 0. The van der Waals surface area contributed by atoms with Crippen LogP contribution < -0.4 is 0 Å². The molecule has 72 valence electrons. The first-order valence-corrected chi connectivity index (χ1v) is 4.42. The minimum absolute atomic E-state index is 0.0770. The molecule has 0 amide bonds. The zero-order chi connectivity index (χ0) is 9.84. The lowest BCUT2D eigenvalue weighted by Gasteiger charge is -1.91. The number of aromatic nitrogens is 1. The van der Waals surface area contributed by atoms with Crippen molar-refractivity contribution in [1.29, 1.82) is 0 Å². The summed E-state index contributed by atoms with van der Waals surface area (Å²) < 4.78 is 24.0. The smallest absolute Gasteiger partial charge is 0.303 e. The molecule has 0 aliphatic rings. The first kappa shape index (κ1) is 10.0. The van der Waals surface area contributed by atoms with Gasteiger partial charge in [0.1, 0.15) is 0 Å². The highest BCUT2D eigenvalue weighted by atomic mass is 32.1. The van der Waals surface area contributed by atoms with E-state index in [0.717, 1.165) is 11.3 Å². The quantitative estimate of drug-likeness (QED) is 0.822. The van der Waals surface area contributed by atoms with Crippen molar-refractivity contribution in [3.05, 3.63) is 16.1 Å². The summed E-state index contributed by atoms with van der Waals surface area (Å²) >= 11 is 0.855. The van der Waals surface area contributed by atoms with Gasteiger partial charge in [0, 0.05) is 11.8 Å². The summed E-state index contributed by atoms with van der Waals surface area (Å²) in [4.78, 5) is 13.7. The van der Waals surface area contributed by atoms with E-state index in [4.69, 9.17) is 5.11 Å². The van der Waals surface area contributed by atoms with Crippen molar-refractivity contribution >= 4 is 17.3 Å². The Balaban J connectivity index is 2.54. The molecule has 1 rings (SSSR count). The lowest BCUT2D eigenvalue weighted by molar-refractivity contribution is -0.136. The first-order valence-electron chi connectivity index (χ1n) is 3.54. The summed E-state index contributed by atoms with van der Waals surface area (Å²) in [7, 11) is 0. The summed E-state index contributed by atoms with van der Waals surface area (Å²) in [5, 5.41) is 9.53. The van der Waals surface area contributed by atoms with Crippen molar-refractivity contribution in [1.82, 2.24) is 4.98 Å². The molecule has 1 aromatic heterocycles. The van der Waals surface area contributed by atoms with Crippen LogP contribution in [0.1, 0.15) is 23.5 Å². The van der Waals surface area contributed by atoms with Crippen molar-refractivity contribution < 1.29 is 18.7 Å². The van der Waals surface area contributed by atoms with Gasteiger partial charge in [-0.05, 0) is 0 Å². The van der Waals surface area contributed by atoms with Crippen molar-refractivity contribution in [3.63, 3.8) is 0 Å². The average molecular weight is 207 g/mol. The van der Waals surface area contributed by atoms with Crippen molar-refractivity contribution in [2.24, 2.45) is 0 Å². The maximum Gasteiger partial charge on any atom is 0.303 e. The van der Waals surface area contributed by atoms with E-state index >= 15 is 0 Å². The fourth-order valence-electron chi connectivity index (χ4n) is 0.773. The molecule has 1 aromatic rings. The molecule has 0 saturated carbocycles. The fraction of sp³-hybridized carbons (Fsp3) is 0.429. The largest absolute Gasteiger partial charge is 0.481 e. The molecule has 0 aliphatic heterocycles. The van der Waals surface area contributed by atoms with Gasteiger partial charge in [-0.15, -0.1) is 11.3 Å². The maximum atomic E-state index is 12.0. The summed E-state index contributed by atoms with van der Waals surface area (Å²) in [6.07, 6.45) is -2.44. The first-order chi connectivity index (χ1) is 6.09. The van der Waals surface area contributed by atoms with E-state index in [1.807, 2.05) is 0 Å². The number of carboxylic acid groups (broad SMARTS) is 1. The number of hydrogen-bond acceptors (Lipinski definition) is 3. The normalized spacial score (nSPS) is 10.7. The van der Waals surface area contributed by atoms with Crippen molar-refractivity contribution in [2.45, 2.75) is 19.3 Å². The Morgan fingerprint density at radius 1 is 1.69 bits per heavy atom. The van der Waals surface area contributed by atoms with Gasteiger partial charge in [-0.1, -0.05) is 0 Å². The zero-order valence-electron chi connectivity index (χ0n) is 6.54.